The third kappa shape index (κ3) is 4.92. The minimum Gasteiger partial charge on any atom is -0.341 e. The van der Waals surface area contributed by atoms with Crippen molar-refractivity contribution < 1.29 is 4.79 Å². The van der Waals surface area contributed by atoms with Crippen molar-refractivity contribution in [2.75, 3.05) is 11.1 Å². The Labute approximate surface area is 210 Å². The molecule has 0 unspecified atom stereocenters. The molecule has 0 bridgehead atoms. The number of thioether (sulfide) groups is 1. The molecule has 178 valence electrons. The van der Waals surface area contributed by atoms with Crippen molar-refractivity contribution in [2.45, 2.75) is 63.4 Å². The molecule has 5 rings (SSSR count). The van der Waals surface area contributed by atoms with Crippen LogP contribution in [-0.4, -0.2) is 21.2 Å². The number of para-hydroxylation sites is 1. The topological polar surface area (TPSA) is 70.7 Å². The number of hydrogen-bond donors (Lipinski definition) is 1. The summed E-state index contributed by atoms with van der Waals surface area (Å²) in [6, 6.07) is 18.9. The van der Waals surface area contributed by atoms with Crippen molar-refractivity contribution in [3.8, 4) is 6.07 Å². The molecular weight excluding hydrogens is 452 g/mol. The molecule has 4 aromatic rings. The zero-order valence-corrected chi connectivity index (χ0v) is 21.0. The lowest BCUT2D eigenvalue weighted by Crippen LogP contribution is -2.12. The number of fused-ring (bicyclic) bond motifs is 4. The molecule has 5 nitrogen and oxygen atoms in total. The monoisotopic (exact) mass is 482 g/mol. The number of carbonyl (C=O) groups is 1. The quantitative estimate of drug-likeness (QED) is 0.305. The third-order valence-corrected chi connectivity index (χ3v) is 7.82. The van der Waals surface area contributed by atoms with E-state index >= 15 is 0 Å². The van der Waals surface area contributed by atoms with Gasteiger partial charge in [0.1, 0.15) is 11.1 Å². The predicted molar refractivity (Wildman–Crippen MR) is 144 cm³/mol. The smallest absolute Gasteiger partial charge is 0.225 e. The Morgan fingerprint density at radius 1 is 1.06 bits per heavy atom. The highest BCUT2D eigenvalue weighted by atomic mass is 32.2. The molecule has 0 aliphatic heterocycles. The molecule has 0 spiro atoms. The number of benzene rings is 2. The highest BCUT2D eigenvalue weighted by Gasteiger charge is 2.15. The second-order valence-electron chi connectivity index (χ2n) is 9.11. The number of nitriles is 1. The minimum atomic E-state index is -0.0270. The van der Waals surface area contributed by atoms with Crippen molar-refractivity contribution in [1.82, 2.24) is 9.55 Å². The van der Waals surface area contributed by atoms with Gasteiger partial charge >= 0.3 is 0 Å². The Balaban J connectivity index is 1.26. The summed E-state index contributed by atoms with van der Waals surface area (Å²) in [5.74, 6) is 0.560. The zero-order valence-electron chi connectivity index (χ0n) is 20.1. The summed E-state index contributed by atoms with van der Waals surface area (Å²) in [6.07, 6.45) is 7.16. The van der Waals surface area contributed by atoms with E-state index in [0.29, 0.717) is 17.7 Å². The summed E-state index contributed by atoms with van der Waals surface area (Å²) >= 11 is 1.51. The summed E-state index contributed by atoms with van der Waals surface area (Å²) in [6.45, 7) is 3.05. The molecule has 1 amide bonds. The number of nitrogens with zero attached hydrogens (tertiary/aromatic N) is 3. The standard InChI is InChI=1S/C29H30N4OS/c1-2-33-26-12-8-7-10-23(26)24-18-22(13-14-27(24)33)31-28(34)15-16-35-29-21(19-30)17-20-9-5-3-4-6-11-25(20)32-29/h7-8,10,12-14,17-18H,2-6,9,11,15-16H2,1H3,(H,31,34). The predicted octanol–water partition coefficient (Wildman–Crippen LogP) is 6.86. The summed E-state index contributed by atoms with van der Waals surface area (Å²) < 4.78 is 2.30. The Morgan fingerprint density at radius 3 is 2.69 bits per heavy atom. The molecule has 0 saturated heterocycles. The van der Waals surface area contributed by atoms with Crippen molar-refractivity contribution in [2.24, 2.45) is 0 Å². The van der Waals surface area contributed by atoms with Crippen LogP contribution in [0.15, 0.2) is 53.6 Å². The van der Waals surface area contributed by atoms with Gasteiger partial charge in [0, 0.05) is 51.9 Å². The van der Waals surface area contributed by atoms with Crippen molar-refractivity contribution in [3.63, 3.8) is 0 Å². The number of carbonyl (C=O) groups excluding carboxylic acids is 1. The molecule has 2 aromatic heterocycles. The van der Waals surface area contributed by atoms with E-state index in [4.69, 9.17) is 4.98 Å². The van der Waals surface area contributed by atoms with Crippen LogP contribution in [0, 0.1) is 11.3 Å². The summed E-state index contributed by atoms with van der Waals surface area (Å²) in [5.41, 5.74) is 6.19. The second-order valence-corrected chi connectivity index (χ2v) is 10.2. The maximum atomic E-state index is 12.7. The summed E-state index contributed by atoms with van der Waals surface area (Å²) in [7, 11) is 0. The molecule has 1 aliphatic carbocycles. The molecule has 0 saturated carbocycles. The number of pyridine rings is 1. The number of aryl methyl sites for hydroxylation is 3. The fraction of sp³-hybridized carbons (Fsp3) is 0.345. The molecule has 1 aliphatic rings. The average Bonchev–Trinajstić information content (AvgIpc) is 3.17. The van der Waals surface area contributed by atoms with Crippen LogP contribution in [0.4, 0.5) is 5.69 Å². The largest absolute Gasteiger partial charge is 0.341 e. The first-order chi connectivity index (χ1) is 17.2. The molecule has 2 aromatic carbocycles. The molecule has 2 heterocycles. The number of anilines is 1. The Bertz CT molecular complexity index is 1430. The van der Waals surface area contributed by atoms with E-state index in [2.05, 4.69) is 59.3 Å². The first kappa shape index (κ1) is 23.4. The fourth-order valence-electron chi connectivity index (χ4n) is 5.09. The fourth-order valence-corrected chi connectivity index (χ4v) is 6.01. The van der Waals surface area contributed by atoms with Crippen LogP contribution in [0.5, 0.6) is 0 Å². The SMILES string of the molecule is CCn1c2ccccc2c2cc(NC(=O)CCSc3nc4c(cc3C#N)CCCCCC4)ccc21. The van der Waals surface area contributed by atoms with E-state index in [1.54, 1.807) is 0 Å². The lowest BCUT2D eigenvalue weighted by Gasteiger charge is -2.15. The van der Waals surface area contributed by atoms with Crippen molar-refractivity contribution in [3.05, 3.63) is 65.4 Å². The van der Waals surface area contributed by atoms with E-state index < -0.39 is 0 Å². The van der Waals surface area contributed by atoms with Gasteiger partial charge in [0.25, 0.3) is 0 Å². The average molecular weight is 483 g/mol. The molecule has 0 atom stereocenters. The maximum Gasteiger partial charge on any atom is 0.225 e. The lowest BCUT2D eigenvalue weighted by atomic mass is 9.96. The van der Waals surface area contributed by atoms with E-state index in [1.165, 1.54) is 46.6 Å². The van der Waals surface area contributed by atoms with Crippen LogP contribution in [0.2, 0.25) is 0 Å². The molecular formula is C29H30N4OS. The van der Waals surface area contributed by atoms with E-state index in [-0.39, 0.29) is 5.91 Å². The van der Waals surface area contributed by atoms with Gasteiger partial charge in [-0.1, -0.05) is 31.0 Å². The number of hydrogen-bond acceptors (Lipinski definition) is 4. The Kier molecular flexibility index (Phi) is 7.06. The first-order valence-electron chi connectivity index (χ1n) is 12.5. The molecule has 1 N–H and O–H groups in total. The second kappa shape index (κ2) is 10.5. The Hall–Kier alpha value is -3.30. The molecule has 0 fully saturated rings. The van der Waals surface area contributed by atoms with Crippen LogP contribution in [0.3, 0.4) is 0 Å². The number of amides is 1. The minimum absolute atomic E-state index is 0.0270. The molecule has 6 heteroatoms. The van der Waals surface area contributed by atoms with Crippen molar-refractivity contribution >= 4 is 45.2 Å². The van der Waals surface area contributed by atoms with Gasteiger partial charge in [0.15, 0.2) is 0 Å². The maximum absolute atomic E-state index is 12.7. The van der Waals surface area contributed by atoms with Gasteiger partial charge in [-0.3, -0.25) is 4.79 Å². The van der Waals surface area contributed by atoms with Gasteiger partial charge in [-0.15, -0.1) is 11.8 Å². The number of nitrogens with one attached hydrogen (secondary N) is 1. The van der Waals surface area contributed by atoms with Gasteiger partial charge in [0.05, 0.1) is 5.56 Å². The van der Waals surface area contributed by atoms with Gasteiger partial charge in [0.2, 0.25) is 5.91 Å². The summed E-state index contributed by atoms with van der Waals surface area (Å²) in [4.78, 5) is 17.6. The normalized spacial score (nSPS) is 13.7. The zero-order chi connectivity index (χ0) is 24.2. The highest BCUT2D eigenvalue weighted by molar-refractivity contribution is 7.99. The molecule has 35 heavy (non-hydrogen) atoms. The third-order valence-electron chi connectivity index (χ3n) is 6.83. The van der Waals surface area contributed by atoms with Gasteiger partial charge < -0.3 is 9.88 Å². The van der Waals surface area contributed by atoms with Crippen LogP contribution in [0.1, 0.15) is 55.8 Å². The van der Waals surface area contributed by atoms with Gasteiger partial charge in [-0.05, 0) is 68.5 Å². The van der Waals surface area contributed by atoms with Gasteiger partial charge in [-0.2, -0.15) is 5.26 Å². The van der Waals surface area contributed by atoms with Crippen molar-refractivity contribution in [1.29, 1.82) is 5.26 Å². The van der Waals surface area contributed by atoms with E-state index in [9.17, 15) is 10.1 Å². The lowest BCUT2D eigenvalue weighted by molar-refractivity contribution is -0.115. The van der Waals surface area contributed by atoms with Crippen LogP contribution in [0.25, 0.3) is 21.8 Å². The van der Waals surface area contributed by atoms with Crippen LogP contribution in [-0.2, 0) is 24.2 Å². The van der Waals surface area contributed by atoms with E-state index in [1.807, 2.05) is 12.1 Å². The van der Waals surface area contributed by atoms with Gasteiger partial charge in [-0.25, -0.2) is 4.98 Å². The molecule has 0 radical (unpaired) electrons. The van der Waals surface area contributed by atoms with Crippen LogP contribution >= 0.6 is 11.8 Å². The number of rotatable bonds is 6. The van der Waals surface area contributed by atoms with E-state index in [0.717, 1.165) is 54.0 Å². The number of aromatic nitrogens is 2. The summed E-state index contributed by atoms with van der Waals surface area (Å²) in [5, 5.41) is 15.8. The van der Waals surface area contributed by atoms with Crippen LogP contribution < -0.4 is 5.32 Å². The highest BCUT2D eigenvalue weighted by Crippen LogP contribution is 2.31. The first-order valence-corrected chi connectivity index (χ1v) is 13.5. The Morgan fingerprint density at radius 2 is 1.86 bits per heavy atom.